The second kappa shape index (κ2) is 10.7. The minimum Gasteiger partial charge on any atom is -0.494 e. The molecule has 0 unspecified atom stereocenters. The van der Waals surface area contributed by atoms with Gasteiger partial charge in [-0.1, -0.05) is 0 Å². The van der Waals surface area contributed by atoms with Gasteiger partial charge in [-0.05, 0) is 18.2 Å². The van der Waals surface area contributed by atoms with Gasteiger partial charge in [0.15, 0.2) is 5.75 Å². The van der Waals surface area contributed by atoms with Crippen LogP contribution in [0.3, 0.4) is 0 Å². The van der Waals surface area contributed by atoms with Crippen LogP contribution in [0.4, 0.5) is 0 Å². The molecule has 0 bridgehead atoms. The van der Waals surface area contributed by atoms with Gasteiger partial charge in [0.2, 0.25) is 5.88 Å². The van der Waals surface area contributed by atoms with Gasteiger partial charge in [-0.15, -0.1) is 0 Å². The van der Waals surface area contributed by atoms with Crippen molar-refractivity contribution in [3.8, 4) is 40.5 Å². The summed E-state index contributed by atoms with van der Waals surface area (Å²) in [6, 6.07) is 7.41. The average Bonchev–Trinajstić information content (AvgIpc) is 3.45. The smallest absolute Gasteiger partial charge is 0.257 e. The number of hydrogen-bond donors (Lipinski definition) is 1. The van der Waals surface area contributed by atoms with Crippen LogP contribution < -0.4 is 9.47 Å². The van der Waals surface area contributed by atoms with Crippen molar-refractivity contribution >= 4 is 10.9 Å². The molecule has 34 heavy (non-hydrogen) atoms. The zero-order chi connectivity index (χ0) is 23.9. The third-order valence-corrected chi connectivity index (χ3v) is 5.01. The van der Waals surface area contributed by atoms with Crippen LogP contribution >= 0.6 is 0 Å². The first-order valence-corrected chi connectivity index (χ1v) is 10.5. The molecule has 0 saturated carbocycles. The molecule has 0 aliphatic carbocycles. The summed E-state index contributed by atoms with van der Waals surface area (Å²) in [4.78, 5) is 9.05. The summed E-state index contributed by atoms with van der Waals surface area (Å²) in [6.45, 7) is 1.88. The SMILES string of the molecule is COCCOCCOc1ncc(-c2ccc3c(O)n(-c4cnn(CC#N)c4)cc3n2)cc1OC. The number of nitriles is 1. The van der Waals surface area contributed by atoms with Crippen molar-refractivity contribution in [2.75, 3.05) is 40.6 Å². The number of aromatic hydroxyl groups is 1. The molecule has 0 radical (unpaired) electrons. The van der Waals surface area contributed by atoms with Crippen LogP contribution in [0.25, 0.3) is 27.8 Å². The van der Waals surface area contributed by atoms with Gasteiger partial charge in [-0.3, -0.25) is 9.25 Å². The monoisotopic (exact) mass is 464 g/mol. The van der Waals surface area contributed by atoms with Crippen LogP contribution in [0, 0.1) is 11.3 Å². The Morgan fingerprint density at radius 3 is 2.74 bits per heavy atom. The van der Waals surface area contributed by atoms with Crippen LogP contribution in [-0.2, 0) is 16.0 Å². The number of ether oxygens (including phenoxy) is 4. The molecular formula is C23H24N6O5. The lowest BCUT2D eigenvalue weighted by molar-refractivity contribution is 0.0532. The fourth-order valence-electron chi connectivity index (χ4n) is 3.34. The van der Waals surface area contributed by atoms with Crippen LogP contribution in [-0.4, -0.2) is 70.1 Å². The van der Waals surface area contributed by atoms with E-state index >= 15 is 0 Å². The van der Waals surface area contributed by atoms with Gasteiger partial charge >= 0.3 is 0 Å². The highest BCUT2D eigenvalue weighted by atomic mass is 16.6. The Kier molecular flexibility index (Phi) is 7.22. The van der Waals surface area contributed by atoms with E-state index < -0.39 is 0 Å². The highest BCUT2D eigenvalue weighted by Crippen LogP contribution is 2.33. The van der Waals surface area contributed by atoms with Crippen molar-refractivity contribution in [3.63, 3.8) is 0 Å². The van der Waals surface area contributed by atoms with Gasteiger partial charge in [0.25, 0.3) is 5.88 Å². The third kappa shape index (κ3) is 4.93. The van der Waals surface area contributed by atoms with Gasteiger partial charge in [0.05, 0.1) is 67.7 Å². The van der Waals surface area contributed by atoms with E-state index in [4.69, 9.17) is 24.2 Å². The third-order valence-electron chi connectivity index (χ3n) is 5.01. The molecule has 0 amide bonds. The molecule has 0 saturated heterocycles. The summed E-state index contributed by atoms with van der Waals surface area (Å²) < 4.78 is 24.5. The standard InChI is InChI=1S/C23H24N6O5/c1-31-7-8-33-9-10-34-22-21(32-2)11-16(12-25-22)19-4-3-18-20(27-19)15-29(23(18)30)17-13-26-28(14-17)6-5-24/h3-4,11-15,30H,6-10H2,1-2H3. The van der Waals surface area contributed by atoms with Crippen molar-refractivity contribution in [2.45, 2.75) is 6.54 Å². The number of rotatable bonds is 11. The number of aromatic nitrogens is 5. The van der Waals surface area contributed by atoms with Crippen molar-refractivity contribution < 1.29 is 24.1 Å². The van der Waals surface area contributed by atoms with Gasteiger partial charge in [-0.25, -0.2) is 9.97 Å². The fourth-order valence-corrected chi connectivity index (χ4v) is 3.34. The Morgan fingerprint density at radius 2 is 1.94 bits per heavy atom. The molecule has 11 nitrogen and oxygen atoms in total. The number of hydrogen-bond acceptors (Lipinski definition) is 9. The van der Waals surface area contributed by atoms with Gasteiger partial charge in [-0.2, -0.15) is 10.4 Å². The second-order valence-electron chi connectivity index (χ2n) is 7.19. The highest BCUT2D eigenvalue weighted by Gasteiger charge is 2.15. The lowest BCUT2D eigenvalue weighted by atomic mass is 10.1. The molecule has 0 atom stereocenters. The van der Waals surface area contributed by atoms with Crippen molar-refractivity contribution in [1.82, 2.24) is 24.3 Å². The normalized spacial score (nSPS) is 11.0. The van der Waals surface area contributed by atoms with E-state index in [0.717, 1.165) is 5.56 Å². The number of pyridine rings is 2. The first-order chi connectivity index (χ1) is 16.6. The van der Waals surface area contributed by atoms with E-state index in [1.165, 1.54) is 4.68 Å². The van der Waals surface area contributed by atoms with E-state index in [1.807, 2.05) is 6.07 Å². The number of nitrogens with zero attached hydrogens (tertiary/aromatic N) is 6. The largest absolute Gasteiger partial charge is 0.494 e. The Balaban J connectivity index is 1.54. The molecule has 0 spiro atoms. The summed E-state index contributed by atoms with van der Waals surface area (Å²) >= 11 is 0. The minimum absolute atomic E-state index is 0.0396. The quantitative estimate of drug-likeness (QED) is 0.333. The molecule has 1 N–H and O–H groups in total. The molecule has 4 aromatic rings. The predicted octanol–water partition coefficient (Wildman–Crippen LogP) is 2.56. The second-order valence-corrected chi connectivity index (χ2v) is 7.19. The van der Waals surface area contributed by atoms with Crippen LogP contribution in [0.2, 0.25) is 0 Å². The van der Waals surface area contributed by atoms with E-state index in [9.17, 15) is 5.11 Å². The van der Waals surface area contributed by atoms with E-state index in [2.05, 4.69) is 15.1 Å². The summed E-state index contributed by atoms with van der Waals surface area (Å²) in [6.07, 6.45) is 6.63. The van der Waals surface area contributed by atoms with Crippen LogP contribution in [0.15, 0.2) is 43.0 Å². The van der Waals surface area contributed by atoms with Gasteiger partial charge in [0.1, 0.15) is 13.2 Å². The number of methoxy groups -OCH3 is 2. The molecule has 176 valence electrons. The minimum atomic E-state index is 0.0396. The first kappa shape index (κ1) is 23.0. The van der Waals surface area contributed by atoms with E-state index in [1.54, 1.807) is 61.8 Å². The van der Waals surface area contributed by atoms with Crippen molar-refractivity contribution in [1.29, 1.82) is 5.26 Å². The summed E-state index contributed by atoms with van der Waals surface area (Å²) in [7, 11) is 3.16. The lowest BCUT2D eigenvalue weighted by Crippen LogP contribution is -2.11. The van der Waals surface area contributed by atoms with E-state index in [-0.39, 0.29) is 12.4 Å². The molecule has 4 aromatic heterocycles. The zero-order valence-electron chi connectivity index (χ0n) is 18.8. The maximum atomic E-state index is 10.7. The molecular weight excluding hydrogens is 440 g/mol. The molecule has 4 heterocycles. The van der Waals surface area contributed by atoms with Crippen LogP contribution in [0.1, 0.15) is 0 Å². The van der Waals surface area contributed by atoms with E-state index in [0.29, 0.717) is 60.3 Å². The molecule has 0 aromatic carbocycles. The highest BCUT2D eigenvalue weighted by molar-refractivity contribution is 5.87. The zero-order valence-corrected chi connectivity index (χ0v) is 18.8. The first-order valence-electron chi connectivity index (χ1n) is 10.5. The Morgan fingerprint density at radius 1 is 1.09 bits per heavy atom. The van der Waals surface area contributed by atoms with Crippen molar-refractivity contribution in [2.24, 2.45) is 0 Å². The topological polar surface area (TPSA) is 129 Å². The summed E-state index contributed by atoms with van der Waals surface area (Å²) in [5.74, 6) is 0.875. The average molecular weight is 464 g/mol. The summed E-state index contributed by atoms with van der Waals surface area (Å²) in [5, 5.41) is 24.2. The van der Waals surface area contributed by atoms with Crippen molar-refractivity contribution in [3.05, 3.63) is 43.0 Å². The Labute approximate surface area is 195 Å². The molecule has 4 rings (SSSR count). The predicted molar refractivity (Wildman–Crippen MR) is 122 cm³/mol. The Hall–Kier alpha value is -4.14. The number of fused-ring (bicyclic) bond motifs is 1. The molecule has 11 heteroatoms. The molecule has 0 aliphatic heterocycles. The van der Waals surface area contributed by atoms with Gasteiger partial charge in [0, 0.05) is 25.1 Å². The van der Waals surface area contributed by atoms with Crippen LogP contribution in [0.5, 0.6) is 17.5 Å². The maximum absolute atomic E-state index is 10.7. The lowest BCUT2D eigenvalue weighted by Gasteiger charge is -2.11. The molecule has 0 fully saturated rings. The maximum Gasteiger partial charge on any atom is 0.257 e. The van der Waals surface area contributed by atoms with Gasteiger partial charge < -0.3 is 24.1 Å². The Bertz CT molecular complexity index is 1310. The summed E-state index contributed by atoms with van der Waals surface area (Å²) in [5.41, 5.74) is 2.61. The molecule has 0 aliphatic rings. The fraction of sp³-hybridized carbons (Fsp3) is 0.304.